The van der Waals surface area contributed by atoms with E-state index in [0.29, 0.717) is 26.1 Å². The van der Waals surface area contributed by atoms with E-state index in [4.69, 9.17) is 4.74 Å². The van der Waals surface area contributed by atoms with E-state index in [-0.39, 0.29) is 29.5 Å². The molecular weight excluding hydrogens is 244 g/mol. The van der Waals surface area contributed by atoms with Crippen LogP contribution in [-0.2, 0) is 19.4 Å². The zero-order valence-corrected chi connectivity index (χ0v) is 10.7. The molecule has 0 spiro atoms. The number of piperazine rings is 1. The predicted molar refractivity (Wildman–Crippen MR) is 62.4 cm³/mol. The van der Waals surface area contributed by atoms with Crippen LogP contribution in [0.15, 0.2) is 0 Å². The highest BCUT2D eigenvalue weighted by atomic mass is 32.2. The molecule has 0 saturated carbocycles. The van der Waals surface area contributed by atoms with E-state index >= 15 is 0 Å². The van der Waals surface area contributed by atoms with Crippen molar-refractivity contribution < 1.29 is 17.9 Å². The average molecular weight is 262 g/mol. The molecule has 7 heteroatoms. The zero-order valence-electron chi connectivity index (χ0n) is 9.89. The summed E-state index contributed by atoms with van der Waals surface area (Å²) in [5.41, 5.74) is 0. The second-order valence-electron chi connectivity index (χ2n) is 4.53. The average Bonchev–Trinajstić information content (AvgIpc) is 2.59. The molecular formula is C10H18N2O4S. The van der Waals surface area contributed by atoms with Crippen molar-refractivity contribution in [3.8, 4) is 0 Å². The van der Waals surface area contributed by atoms with Gasteiger partial charge < -0.3 is 15.0 Å². The number of hydrogen-bond donors (Lipinski definition) is 1. The summed E-state index contributed by atoms with van der Waals surface area (Å²) in [6.45, 7) is 1.63. The van der Waals surface area contributed by atoms with Gasteiger partial charge in [-0.05, 0) is 0 Å². The van der Waals surface area contributed by atoms with Crippen molar-refractivity contribution in [3.63, 3.8) is 0 Å². The van der Waals surface area contributed by atoms with Crippen LogP contribution >= 0.6 is 0 Å². The van der Waals surface area contributed by atoms with Gasteiger partial charge >= 0.3 is 0 Å². The molecule has 0 radical (unpaired) electrons. The highest BCUT2D eigenvalue weighted by molar-refractivity contribution is 7.91. The van der Waals surface area contributed by atoms with Gasteiger partial charge in [0.25, 0.3) is 0 Å². The number of fused-ring (bicyclic) bond motifs is 1. The third-order valence-electron chi connectivity index (χ3n) is 3.32. The van der Waals surface area contributed by atoms with Gasteiger partial charge in [0.05, 0.1) is 30.6 Å². The molecule has 2 fully saturated rings. The van der Waals surface area contributed by atoms with Gasteiger partial charge in [-0.3, -0.25) is 4.79 Å². The minimum absolute atomic E-state index is 0.0135. The molecule has 0 aromatic rings. The minimum atomic E-state index is -3.00. The number of sulfone groups is 1. The lowest BCUT2D eigenvalue weighted by Crippen LogP contribution is -2.59. The fourth-order valence-electron chi connectivity index (χ4n) is 2.51. The van der Waals surface area contributed by atoms with Gasteiger partial charge in [-0.25, -0.2) is 8.42 Å². The first kappa shape index (κ1) is 12.8. The lowest BCUT2D eigenvalue weighted by molar-refractivity contribution is -0.135. The van der Waals surface area contributed by atoms with E-state index in [0.717, 1.165) is 0 Å². The Balaban J connectivity index is 2.05. The zero-order chi connectivity index (χ0) is 12.5. The number of amides is 1. The Morgan fingerprint density at radius 1 is 1.47 bits per heavy atom. The predicted octanol–water partition coefficient (Wildman–Crippen LogP) is -1.38. The summed E-state index contributed by atoms with van der Waals surface area (Å²) in [6, 6.07) is -0.293. The molecule has 0 aromatic carbocycles. The minimum Gasteiger partial charge on any atom is -0.384 e. The molecule has 6 nitrogen and oxygen atoms in total. The molecule has 1 N–H and O–H groups in total. The number of nitrogens with one attached hydrogen (secondary N) is 1. The molecule has 0 bridgehead atoms. The molecule has 2 aliphatic heterocycles. The molecule has 2 rings (SSSR count). The Morgan fingerprint density at radius 2 is 2.24 bits per heavy atom. The molecule has 2 aliphatic rings. The van der Waals surface area contributed by atoms with Crippen molar-refractivity contribution in [2.24, 2.45) is 0 Å². The Kier molecular flexibility index (Phi) is 3.70. The third kappa shape index (κ3) is 2.78. The number of ether oxygens (including phenoxy) is 1. The van der Waals surface area contributed by atoms with E-state index in [9.17, 15) is 13.2 Å². The molecule has 2 atom stereocenters. The van der Waals surface area contributed by atoms with Crippen LogP contribution in [-0.4, -0.2) is 69.6 Å². The summed E-state index contributed by atoms with van der Waals surface area (Å²) in [6.07, 6.45) is 0.319. The number of carbonyl (C=O) groups excluding carboxylic acids is 1. The Labute approximate surface area is 101 Å². The lowest BCUT2D eigenvalue weighted by Gasteiger charge is -2.37. The van der Waals surface area contributed by atoms with Crippen LogP contribution in [0.5, 0.6) is 0 Å². The highest BCUT2D eigenvalue weighted by Crippen LogP contribution is 2.21. The van der Waals surface area contributed by atoms with E-state index < -0.39 is 9.84 Å². The quantitative estimate of drug-likeness (QED) is 0.678. The third-order valence-corrected chi connectivity index (χ3v) is 5.04. The molecule has 17 heavy (non-hydrogen) atoms. The topological polar surface area (TPSA) is 75.7 Å². The fraction of sp³-hybridized carbons (Fsp3) is 0.900. The maximum Gasteiger partial charge on any atom is 0.225 e. The first-order valence-electron chi connectivity index (χ1n) is 5.76. The molecule has 98 valence electrons. The summed E-state index contributed by atoms with van der Waals surface area (Å²) < 4.78 is 28.0. The lowest BCUT2D eigenvalue weighted by atomic mass is 10.1. The van der Waals surface area contributed by atoms with E-state index in [1.165, 1.54) is 0 Å². The van der Waals surface area contributed by atoms with Gasteiger partial charge in [0, 0.05) is 26.2 Å². The van der Waals surface area contributed by atoms with Gasteiger partial charge in [-0.15, -0.1) is 0 Å². The highest BCUT2D eigenvalue weighted by Gasteiger charge is 2.44. The summed E-state index contributed by atoms with van der Waals surface area (Å²) in [5.74, 6) is 0.218. The summed E-state index contributed by atoms with van der Waals surface area (Å²) >= 11 is 0. The standard InChI is InChI=1S/C10H18N2O4S/c1-16-5-2-10(13)12-4-3-11-8-6-17(14,15)7-9(8)12/h8-9,11H,2-7H2,1H3/t8-,9+/m1/s1. The van der Waals surface area contributed by atoms with Crippen molar-refractivity contribution in [2.45, 2.75) is 18.5 Å². The number of methoxy groups -OCH3 is 1. The van der Waals surface area contributed by atoms with Gasteiger partial charge in [0.15, 0.2) is 9.84 Å². The van der Waals surface area contributed by atoms with Crippen LogP contribution in [0, 0.1) is 0 Å². The SMILES string of the molecule is COCCC(=O)N1CCN[C@@H]2CS(=O)(=O)C[C@@H]21. The number of rotatable bonds is 3. The summed E-state index contributed by atoms with van der Waals surface area (Å²) in [5, 5.41) is 3.17. The Hall–Kier alpha value is -0.660. The second kappa shape index (κ2) is 4.91. The van der Waals surface area contributed by atoms with Gasteiger partial charge in [0.1, 0.15) is 0 Å². The van der Waals surface area contributed by atoms with Crippen molar-refractivity contribution in [2.75, 3.05) is 38.3 Å². The van der Waals surface area contributed by atoms with Crippen LogP contribution < -0.4 is 5.32 Å². The van der Waals surface area contributed by atoms with Crippen molar-refractivity contribution in [1.82, 2.24) is 10.2 Å². The summed E-state index contributed by atoms with van der Waals surface area (Å²) in [7, 11) is -1.45. The van der Waals surface area contributed by atoms with Crippen LogP contribution in [0.1, 0.15) is 6.42 Å². The van der Waals surface area contributed by atoms with Crippen LogP contribution in [0.4, 0.5) is 0 Å². The number of carbonyl (C=O) groups is 1. The van der Waals surface area contributed by atoms with Gasteiger partial charge in [-0.1, -0.05) is 0 Å². The second-order valence-corrected chi connectivity index (χ2v) is 6.69. The molecule has 1 amide bonds. The maximum atomic E-state index is 11.9. The van der Waals surface area contributed by atoms with Crippen LogP contribution in [0.25, 0.3) is 0 Å². The monoisotopic (exact) mass is 262 g/mol. The molecule has 0 unspecified atom stereocenters. The Bertz CT molecular complexity index is 395. The van der Waals surface area contributed by atoms with Crippen molar-refractivity contribution in [1.29, 1.82) is 0 Å². The smallest absolute Gasteiger partial charge is 0.225 e. The first-order chi connectivity index (χ1) is 8.03. The van der Waals surface area contributed by atoms with Crippen LogP contribution in [0.2, 0.25) is 0 Å². The molecule has 2 saturated heterocycles. The van der Waals surface area contributed by atoms with Gasteiger partial charge in [-0.2, -0.15) is 0 Å². The maximum absolute atomic E-state index is 11.9. The summed E-state index contributed by atoms with van der Waals surface area (Å²) in [4.78, 5) is 13.6. The number of hydrogen-bond acceptors (Lipinski definition) is 5. The molecule has 0 aromatic heterocycles. The largest absolute Gasteiger partial charge is 0.384 e. The fourth-order valence-corrected chi connectivity index (χ4v) is 4.47. The van der Waals surface area contributed by atoms with Crippen molar-refractivity contribution >= 4 is 15.7 Å². The number of nitrogens with zero attached hydrogens (tertiary/aromatic N) is 1. The molecule has 0 aliphatic carbocycles. The van der Waals surface area contributed by atoms with E-state index in [2.05, 4.69) is 5.32 Å². The van der Waals surface area contributed by atoms with Crippen molar-refractivity contribution in [3.05, 3.63) is 0 Å². The Morgan fingerprint density at radius 3 is 2.94 bits per heavy atom. The molecule has 2 heterocycles. The normalized spacial score (nSPS) is 31.2. The first-order valence-corrected chi connectivity index (χ1v) is 7.58. The van der Waals surface area contributed by atoms with E-state index in [1.54, 1.807) is 12.0 Å². The van der Waals surface area contributed by atoms with Crippen LogP contribution in [0.3, 0.4) is 0 Å². The van der Waals surface area contributed by atoms with E-state index in [1.807, 2.05) is 0 Å². The van der Waals surface area contributed by atoms with Gasteiger partial charge in [0.2, 0.25) is 5.91 Å².